The van der Waals surface area contributed by atoms with Crippen molar-refractivity contribution >= 4 is 34.2 Å². The summed E-state index contributed by atoms with van der Waals surface area (Å²) in [6.45, 7) is 9.98. The molecule has 0 radical (unpaired) electrons. The molecule has 2 aliphatic rings. The molecule has 1 N–H and O–H groups in total. The molecule has 3 unspecified atom stereocenters. The third kappa shape index (κ3) is 4.19. The summed E-state index contributed by atoms with van der Waals surface area (Å²) in [4.78, 5) is 48.4. The molecule has 192 valence electrons. The Hall–Kier alpha value is -3.32. The lowest BCUT2D eigenvalue weighted by atomic mass is 9.62. The van der Waals surface area contributed by atoms with Crippen LogP contribution >= 0.6 is 11.3 Å². The largest absolute Gasteiger partial charge is 0.300 e. The highest BCUT2D eigenvalue weighted by atomic mass is 32.1. The number of carbonyl (C=O) groups excluding carboxylic acids is 3. The van der Waals surface area contributed by atoms with Crippen molar-refractivity contribution in [3.05, 3.63) is 70.6 Å². The third-order valence-corrected chi connectivity index (χ3v) is 9.58. The molecular weight excluding hydrogens is 482 g/mol. The minimum atomic E-state index is -0.953. The first-order valence-corrected chi connectivity index (χ1v) is 13.6. The van der Waals surface area contributed by atoms with Gasteiger partial charge in [-0.15, -0.1) is 11.3 Å². The van der Waals surface area contributed by atoms with Gasteiger partial charge in [-0.3, -0.25) is 19.3 Å². The molecule has 2 aromatic carbocycles. The Morgan fingerprint density at radius 1 is 1.08 bits per heavy atom. The normalized spacial score (nSPS) is 23.3. The number of thiazole rings is 1. The third-order valence-electron chi connectivity index (χ3n) is 8.69. The molecule has 1 saturated heterocycles. The molecule has 6 nitrogen and oxygen atoms in total. The van der Waals surface area contributed by atoms with E-state index in [1.54, 1.807) is 0 Å². The summed E-state index contributed by atoms with van der Waals surface area (Å²) >= 11 is 1.39. The zero-order valence-corrected chi connectivity index (χ0v) is 22.8. The fourth-order valence-corrected chi connectivity index (χ4v) is 6.74. The van der Waals surface area contributed by atoms with Crippen molar-refractivity contribution < 1.29 is 14.4 Å². The fourth-order valence-electron chi connectivity index (χ4n) is 5.90. The van der Waals surface area contributed by atoms with Crippen molar-refractivity contribution in [1.29, 1.82) is 0 Å². The zero-order chi connectivity index (χ0) is 26.5. The van der Waals surface area contributed by atoms with Crippen LogP contribution in [0.25, 0.3) is 11.3 Å². The second kappa shape index (κ2) is 9.21. The molecule has 3 atom stereocenters. The van der Waals surface area contributed by atoms with Gasteiger partial charge in [-0.25, -0.2) is 4.98 Å². The predicted molar refractivity (Wildman–Crippen MR) is 146 cm³/mol. The van der Waals surface area contributed by atoms with Gasteiger partial charge in [0.15, 0.2) is 5.13 Å². The Morgan fingerprint density at radius 3 is 2.43 bits per heavy atom. The van der Waals surface area contributed by atoms with Gasteiger partial charge in [0.05, 0.1) is 11.1 Å². The van der Waals surface area contributed by atoms with E-state index in [1.807, 2.05) is 89.2 Å². The number of rotatable bonds is 6. The second-order valence-corrected chi connectivity index (χ2v) is 12.3. The van der Waals surface area contributed by atoms with Crippen molar-refractivity contribution in [3.63, 3.8) is 0 Å². The van der Waals surface area contributed by atoms with Crippen LogP contribution in [-0.2, 0) is 20.8 Å². The Morgan fingerprint density at radius 2 is 1.76 bits per heavy atom. The second-order valence-electron chi connectivity index (χ2n) is 11.1. The van der Waals surface area contributed by atoms with Crippen LogP contribution in [0.4, 0.5) is 5.13 Å². The standard InChI is InChI=1S/C30H33N3O3S/c1-18-11-13-21(14-12-18)24-19(2)37-28(31-24)32-25(34)23(17-20-9-7-6-8-10-20)33-26(35)22-15-16-30(5,27(33)36)29(22,3)4/h6-14,22-23H,15-17H2,1-5H3,(H,31,32,34). The molecular formula is C30H33N3O3S. The maximum absolute atomic E-state index is 13.9. The van der Waals surface area contributed by atoms with Gasteiger partial charge in [0.1, 0.15) is 6.04 Å². The minimum absolute atomic E-state index is 0.239. The van der Waals surface area contributed by atoms with Crippen molar-refractivity contribution in [1.82, 2.24) is 9.88 Å². The topological polar surface area (TPSA) is 79.4 Å². The number of imide groups is 1. The smallest absolute Gasteiger partial charge is 0.249 e. The molecule has 1 saturated carbocycles. The van der Waals surface area contributed by atoms with E-state index in [4.69, 9.17) is 4.98 Å². The van der Waals surface area contributed by atoms with Crippen molar-refractivity contribution in [2.45, 2.75) is 59.9 Å². The predicted octanol–water partition coefficient (Wildman–Crippen LogP) is 5.79. The molecule has 1 aliphatic heterocycles. The Balaban J connectivity index is 1.48. The molecule has 7 heteroatoms. The molecule has 1 aromatic heterocycles. The Bertz CT molecular complexity index is 1360. The van der Waals surface area contributed by atoms with E-state index in [1.165, 1.54) is 16.2 Å². The molecule has 0 spiro atoms. The van der Waals surface area contributed by atoms with Gasteiger partial charge in [0.25, 0.3) is 0 Å². The molecule has 1 aliphatic carbocycles. The van der Waals surface area contributed by atoms with Gasteiger partial charge in [0, 0.05) is 22.8 Å². The maximum atomic E-state index is 13.9. The molecule has 3 amide bonds. The highest BCUT2D eigenvalue weighted by Gasteiger charge is 2.65. The van der Waals surface area contributed by atoms with E-state index < -0.39 is 22.8 Å². The van der Waals surface area contributed by atoms with E-state index in [2.05, 4.69) is 5.32 Å². The summed E-state index contributed by atoms with van der Waals surface area (Å²) in [5.74, 6) is -1.16. The lowest BCUT2D eigenvalue weighted by Crippen LogP contribution is -2.64. The molecule has 2 heterocycles. The van der Waals surface area contributed by atoms with E-state index in [-0.39, 0.29) is 24.2 Å². The van der Waals surface area contributed by atoms with Gasteiger partial charge < -0.3 is 5.32 Å². The zero-order valence-electron chi connectivity index (χ0n) is 22.0. The fraction of sp³-hybridized carbons (Fsp3) is 0.400. The van der Waals surface area contributed by atoms with Crippen LogP contribution < -0.4 is 5.32 Å². The summed E-state index contributed by atoms with van der Waals surface area (Å²) in [6.07, 6.45) is 1.56. The van der Waals surface area contributed by atoms with E-state index in [9.17, 15) is 14.4 Å². The maximum Gasteiger partial charge on any atom is 0.249 e. The van der Waals surface area contributed by atoms with E-state index >= 15 is 0 Å². The van der Waals surface area contributed by atoms with Gasteiger partial charge in [-0.05, 0) is 37.7 Å². The van der Waals surface area contributed by atoms with Crippen molar-refractivity contribution in [2.75, 3.05) is 5.32 Å². The van der Waals surface area contributed by atoms with Crippen molar-refractivity contribution in [3.8, 4) is 11.3 Å². The van der Waals surface area contributed by atoms with Crippen LogP contribution in [0.5, 0.6) is 0 Å². The summed E-state index contributed by atoms with van der Waals surface area (Å²) < 4.78 is 0. The summed E-state index contributed by atoms with van der Waals surface area (Å²) in [5, 5.41) is 3.41. The number of nitrogens with zero attached hydrogens (tertiary/aromatic N) is 2. The number of fused-ring (bicyclic) bond motifs is 2. The highest BCUT2D eigenvalue weighted by molar-refractivity contribution is 7.16. The number of aromatic nitrogens is 1. The van der Waals surface area contributed by atoms with Crippen LogP contribution in [0.3, 0.4) is 0 Å². The SMILES string of the molecule is Cc1ccc(-c2nc(NC(=O)C(Cc3ccccc3)N3C(=O)C4CCC(C)(C3=O)C4(C)C)sc2C)cc1. The number of nitrogens with one attached hydrogen (secondary N) is 1. The molecule has 5 rings (SSSR count). The lowest BCUT2D eigenvalue weighted by molar-refractivity contribution is -0.172. The van der Waals surface area contributed by atoms with Gasteiger partial charge in [-0.1, -0.05) is 80.9 Å². The van der Waals surface area contributed by atoms with Crippen LogP contribution in [0, 0.1) is 30.6 Å². The first-order chi connectivity index (χ1) is 17.5. The minimum Gasteiger partial charge on any atom is -0.300 e. The van der Waals surface area contributed by atoms with Gasteiger partial charge >= 0.3 is 0 Å². The van der Waals surface area contributed by atoms with Crippen molar-refractivity contribution in [2.24, 2.45) is 16.7 Å². The van der Waals surface area contributed by atoms with Crippen LogP contribution in [-0.4, -0.2) is 33.6 Å². The van der Waals surface area contributed by atoms with E-state index in [0.717, 1.165) is 27.3 Å². The summed E-state index contributed by atoms with van der Waals surface area (Å²) in [6, 6.07) is 16.7. The quantitative estimate of drug-likeness (QED) is 0.422. The first-order valence-electron chi connectivity index (χ1n) is 12.8. The first kappa shape index (κ1) is 25.3. The number of amides is 3. The Kier molecular flexibility index (Phi) is 6.31. The molecule has 2 bridgehead atoms. The highest BCUT2D eigenvalue weighted by Crippen LogP contribution is 2.60. The average Bonchev–Trinajstić information content (AvgIpc) is 3.31. The Labute approximate surface area is 222 Å². The summed E-state index contributed by atoms with van der Waals surface area (Å²) in [5.41, 5.74) is 2.72. The summed E-state index contributed by atoms with van der Waals surface area (Å²) in [7, 11) is 0. The number of piperidine rings is 1. The van der Waals surface area contributed by atoms with Crippen LogP contribution in [0.15, 0.2) is 54.6 Å². The molecule has 3 aromatic rings. The number of anilines is 1. The number of hydrogen-bond donors (Lipinski definition) is 1. The van der Waals surface area contributed by atoms with Crippen LogP contribution in [0.2, 0.25) is 0 Å². The number of hydrogen-bond acceptors (Lipinski definition) is 5. The monoisotopic (exact) mass is 515 g/mol. The number of carbonyl (C=O) groups is 3. The van der Waals surface area contributed by atoms with Crippen LogP contribution in [0.1, 0.15) is 49.6 Å². The number of aryl methyl sites for hydroxylation is 2. The average molecular weight is 516 g/mol. The molecule has 2 fully saturated rings. The van der Waals surface area contributed by atoms with Gasteiger partial charge in [0.2, 0.25) is 17.7 Å². The van der Waals surface area contributed by atoms with Gasteiger partial charge in [-0.2, -0.15) is 0 Å². The van der Waals surface area contributed by atoms with E-state index in [0.29, 0.717) is 18.0 Å². The lowest BCUT2D eigenvalue weighted by Gasteiger charge is -2.49. The number of likely N-dealkylation sites (tertiary alicyclic amines) is 1. The molecule has 37 heavy (non-hydrogen) atoms. The number of benzene rings is 2.